The van der Waals surface area contributed by atoms with Gasteiger partial charge in [0.1, 0.15) is 5.82 Å². The summed E-state index contributed by atoms with van der Waals surface area (Å²) in [6.07, 6.45) is 0. The fourth-order valence-corrected chi connectivity index (χ4v) is 4.90. The Hall–Kier alpha value is -1.90. The fraction of sp³-hybridized carbons (Fsp3) is 0.400. The monoisotopic (exact) mass is 449 g/mol. The van der Waals surface area contributed by atoms with Crippen molar-refractivity contribution in [3.05, 3.63) is 45.2 Å². The van der Waals surface area contributed by atoms with Crippen molar-refractivity contribution in [3.63, 3.8) is 0 Å². The molecule has 0 saturated carbocycles. The van der Waals surface area contributed by atoms with Gasteiger partial charge in [-0.3, -0.25) is 14.8 Å². The molecule has 0 aliphatic carbocycles. The first-order chi connectivity index (χ1) is 13.6. The molecule has 1 N–H and O–H groups in total. The number of benzene rings is 1. The summed E-state index contributed by atoms with van der Waals surface area (Å²) >= 11 is 9.40. The van der Waals surface area contributed by atoms with E-state index >= 15 is 0 Å². The smallest absolute Gasteiger partial charge is 0.230 e. The summed E-state index contributed by atoms with van der Waals surface area (Å²) in [5, 5.41) is 11.0. The molecule has 29 heavy (non-hydrogen) atoms. The van der Waals surface area contributed by atoms with Crippen LogP contribution in [0.4, 0.5) is 10.8 Å². The Morgan fingerprint density at radius 3 is 2.59 bits per heavy atom. The molecule has 0 saturated heterocycles. The number of carbonyl (C=O) groups is 1. The van der Waals surface area contributed by atoms with Gasteiger partial charge in [-0.2, -0.15) is 0 Å². The summed E-state index contributed by atoms with van der Waals surface area (Å²) in [5.74, 6) is 1.34. The number of aryl methyl sites for hydroxylation is 2. The van der Waals surface area contributed by atoms with Gasteiger partial charge in [-0.1, -0.05) is 50.2 Å². The normalized spacial score (nSPS) is 11.7. The first kappa shape index (κ1) is 21.8. The fourth-order valence-electron chi connectivity index (χ4n) is 2.83. The Kier molecular flexibility index (Phi) is 6.36. The summed E-state index contributed by atoms with van der Waals surface area (Å²) in [4.78, 5) is 23.2. The van der Waals surface area contributed by atoms with E-state index in [-0.39, 0.29) is 11.3 Å². The van der Waals surface area contributed by atoms with Crippen molar-refractivity contribution in [2.75, 3.05) is 4.90 Å². The molecule has 0 aliphatic rings. The number of anilines is 2. The second-order valence-electron chi connectivity index (χ2n) is 7.89. The largest absolute Gasteiger partial charge is 0.274 e. The Balaban J connectivity index is 1.80. The third-order valence-electron chi connectivity index (χ3n) is 4.19. The molecule has 2 aromatic heterocycles. The van der Waals surface area contributed by atoms with E-state index in [0.717, 1.165) is 22.6 Å². The third-order valence-corrected chi connectivity index (χ3v) is 6.24. The molecule has 0 bridgehead atoms. The van der Waals surface area contributed by atoms with Crippen molar-refractivity contribution >= 4 is 51.4 Å². The zero-order valence-corrected chi connectivity index (χ0v) is 19.7. The number of aromatic nitrogens is 4. The lowest BCUT2D eigenvalue weighted by molar-refractivity contribution is -0.115. The number of thioether (sulfide) groups is 1. The molecule has 0 radical (unpaired) electrons. The minimum absolute atomic E-state index is 0.0766. The number of carbonyl (C=O) groups excluding carboxylic acids is 1. The maximum Gasteiger partial charge on any atom is 0.230 e. The summed E-state index contributed by atoms with van der Waals surface area (Å²) in [6.45, 7) is 11.7. The van der Waals surface area contributed by atoms with Crippen molar-refractivity contribution < 1.29 is 4.79 Å². The molecule has 154 valence electrons. The van der Waals surface area contributed by atoms with Gasteiger partial charge in [0.25, 0.3) is 0 Å². The highest BCUT2D eigenvalue weighted by Crippen LogP contribution is 2.38. The molecule has 0 unspecified atom stereocenters. The second-order valence-corrected chi connectivity index (χ2v) is 10.1. The SMILES string of the molecule is CC(=O)N(c1nc(CSc2n[nH]c(C(C)(C)C)n2)cs1)c1c(C)cc(C)cc1Cl. The van der Waals surface area contributed by atoms with Gasteiger partial charge in [0, 0.05) is 23.5 Å². The zero-order valence-electron chi connectivity index (χ0n) is 17.3. The Bertz CT molecular complexity index is 1010. The minimum atomic E-state index is -0.129. The van der Waals surface area contributed by atoms with Crippen LogP contribution in [0, 0.1) is 13.8 Å². The molecule has 0 atom stereocenters. The van der Waals surface area contributed by atoms with Crippen LogP contribution in [0.25, 0.3) is 0 Å². The molecule has 0 fully saturated rings. The van der Waals surface area contributed by atoms with Crippen molar-refractivity contribution in [3.8, 4) is 0 Å². The van der Waals surface area contributed by atoms with E-state index in [4.69, 9.17) is 11.6 Å². The molecular weight excluding hydrogens is 426 g/mol. The quantitative estimate of drug-likeness (QED) is 0.497. The third kappa shape index (κ3) is 4.99. The second kappa shape index (κ2) is 8.45. The van der Waals surface area contributed by atoms with Gasteiger partial charge in [-0.15, -0.1) is 16.4 Å². The van der Waals surface area contributed by atoms with Gasteiger partial charge in [-0.05, 0) is 31.0 Å². The Morgan fingerprint density at radius 1 is 1.28 bits per heavy atom. The van der Waals surface area contributed by atoms with E-state index < -0.39 is 0 Å². The van der Waals surface area contributed by atoms with Crippen LogP contribution in [0.2, 0.25) is 5.02 Å². The molecule has 0 aliphatic heterocycles. The molecule has 3 rings (SSSR count). The molecule has 0 spiro atoms. The lowest BCUT2D eigenvalue weighted by Gasteiger charge is -2.22. The van der Waals surface area contributed by atoms with Crippen LogP contribution < -0.4 is 4.90 Å². The molecule has 2 heterocycles. The molecule has 1 aromatic carbocycles. The molecule has 1 amide bonds. The van der Waals surface area contributed by atoms with Crippen molar-refractivity contribution in [1.82, 2.24) is 20.2 Å². The summed E-state index contributed by atoms with van der Waals surface area (Å²) in [5.41, 5.74) is 3.46. The Morgan fingerprint density at radius 2 is 2.00 bits per heavy atom. The van der Waals surface area contributed by atoms with Gasteiger partial charge in [0.2, 0.25) is 11.1 Å². The topological polar surface area (TPSA) is 74.8 Å². The van der Waals surface area contributed by atoms with Gasteiger partial charge < -0.3 is 0 Å². The van der Waals surface area contributed by atoms with Gasteiger partial charge in [0.05, 0.1) is 16.4 Å². The zero-order chi connectivity index (χ0) is 21.3. The first-order valence-corrected chi connectivity index (χ1v) is 11.4. The number of thiazole rings is 1. The maximum absolute atomic E-state index is 12.4. The predicted molar refractivity (Wildman–Crippen MR) is 121 cm³/mol. The van der Waals surface area contributed by atoms with E-state index in [2.05, 4.69) is 40.9 Å². The highest BCUT2D eigenvalue weighted by Gasteiger charge is 2.23. The van der Waals surface area contributed by atoms with E-state index in [9.17, 15) is 4.79 Å². The maximum atomic E-state index is 12.4. The lowest BCUT2D eigenvalue weighted by Crippen LogP contribution is -2.24. The highest BCUT2D eigenvalue weighted by molar-refractivity contribution is 7.98. The van der Waals surface area contributed by atoms with Crippen molar-refractivity contribution in [1.29, 1.82) is 0 Å². The molecule has 6 nitrogen and oxygen atoms in total. The highest BCUT2D eigenvalue weighted by atomic mass is 35.5. The molecule has 9 heteroatoms. The van der Waals surface area contributed by atoms with Crippen LogP contribution in [0.15, 0.2) is 22.7 Å². The van der Waals surface area contributed by atoms with E-state index in [1.54, 1.807) is 4.90 Å². The number of hydrogen-bond acceptors (Lipinski definition) is 6. The van der Waals surface area contributed by atoms with E-state index in [1.165, 1.54) is 30.0 Å². The van der Waals surface area contributed by atoms with E-state index in [0.29, 0.717) is 26.8 Å². The van der Waals surface area contributed by atoms with Crippen LogP contribution in [0.1, 0.15) is 50.3 Å². The standard InChI is InChI=1S/C20H24ClN5OS2/c1-11-7-12(2)16(15(21)8-11)26(13(3)27)19-22-14(10-29-19)9-28-18-23-17(24-25-18)20(4,5)6/h7-8,10H,9H2,1-6H3,(H,23,24,25). The summed E-state index contributed by atoms with van der Waals surface area (Å²) in [6, 6.07) is 3.87. The van der Waals surface area contributed by atoms with Crippen LogP contribution in [0.3, 0.4) is 0 Å². The average molecular weight is 450 g/mol. The van der Waals surface area contributed by atoms with Crippen LogP contribution in [0.5, 0.6) is 0 Å². The predicted octanol–water partition coefficient (Wildman–Crippen LogP) is 5.81. The summed E-state index contributed by atoms with van der Waals surface area (Å²) in [7, 11) is 0. The number of halogens is 1. The van der Waals surface area contributed by atoms with Crippen LogP contribution >= 0.6 is 34.7 Å². The minimum Gasteiger partial charge on any atom is -0.274 e. The van der Waals surface area contributed by atoms with E-state index in [1.807, 2.05) is 31.4 Å². The van der Waals surface area contributed by atoms with Crippen LogP contribution in [-0.4, -0.2) is 26.1 Å². The molecular formula is C20H24ClN5OS2. The van der Waals surface area contributed by atoms with Crippen molar-refractivity contribution in [2.24, 2.45) is 0 Å². The number of rotatable bonds is 5. The first-order valence-electron chi connectivity index (χ1n) is 9.14. The number of amides is 1. The van der Waals surface area contributed by atoms with Crippen LogP contribution in [-0.2, 0) is 16.0 Å². The van der Waals surface area contributed by atoms with Gasteiger partial charge >= 0.3 is 0 Å². The average Bonchev–Trinajstić information content (AvgIpc) is 3.24. The van der Waals surface area contributed by atoms with Gasteiger partial charge in [0.15, 0.2) is 5.13 Å². The van der Waals surface area contributed by atoms with Gasteiger partial charge in [-0.25, -0.2) is 9.97 Å². The number of H-pyrrole nitrogens is 1. The number of aromatic amines is 1. The number of hydrogen-bond donors (Lipinski definition) is 1. The summed E-state index contributed by atoms with van der Waals surface area (Å²) < 4.78 is 0. The molecule has 3 aromatic rings. The number of nitrogens with zero attached hydrogens (tertiary/aromatic N) is 4. The van der Waals surface area contributed by atoms with Crippen molar-refractivity contribution in [2.45, 2.75) is 57.9 Å². The Labute approximate surface area is 184 Å². The number of nitrogens with one attached hydrogen (secondary N) is 1. The lowest BCUT2D eigenvalue weighted by atomic mass is 9.96.